The van der Waals surface area contributed by atoms with Gasteiger partial charge in [0.2, 0.25) is 0 Å². The van der Waals surface area contributed by atoms with Crippen LogP contribution in [-0.2, 0) is 6.61 Å². The molecule has 1 aromatic carbocycles. The van der Waals surface area contributed by atoms with E-state index in [1.54, 1.807) is 4.90 Å². The number of nitrogens with zero attached hydrogens (tertiary/aromatic N) is 2. The van der Waals surface area contributed by atoms with Crippen LogP contribution < -0.4 is 9.64 Å². The van der Waals surface area contributed by atoms with Crippen LogP contribution in [-0.4, -0.2) is 22.7 Å². The van der Waals surface area contributed by atoms with Crippen LogP contribution in [0, 0.1) is 20.8 Å². The molecule has 7 heteroatoms. The van der Waals surface area contributed by atoms with Crippen LogP contribution in [0.15, 0.2) is 29.6 Å². The number of thiazole rings is 1. The number of benzene rings is 1. The quantitative estimate of drug-likeness (QED) is 0.441. The van der Waals surface area contributed by atoms with E-state index in [-0.39, 0.29) is 17.7 Å². The van der Waals surface area contributed by atoms with Gasteiger partial charge in [0.25, 0.3) is 5.91 Å². The number of ketones is 1. The summed E-state index contributed by atoms with van der Waals surface area (Å²) >= 11 is 2.73. The van der Waals surface area contributed by atoms with Crippen molar-refractivity contribution in [3.05, 3.63) is 61.8 Å². The number of anilines is 1. The highest BCUT2D eigenvalue weighted by Gasteiger charge is 2.37. The van der Waals surface area contributed by atoms with E-state index in [0.717, 1.165) is 35.3 Å². The third kappa shape index (κ3) is 4.47. The van der Waals surface area contributed by atoms with E-state index in [1.165, 1.54) is 29.6 Å². The Morgan fingerprint density at radius 1 is 1.13 bits per heavy atom. The summed E-state index contributed by atoms with van der Waals surface area (Å²) in [5.41, 5.74) is 3.98. The highest BCUT2D eigenvalue weighted by Crippen LogP contribution is 2.37. The van der Waals surface area contributed by atoms with Gasteiger partial charge in [-0.25, -0.2) is 4.98 Å². The number of aryl methyl sites for hydroxylation is 3. The minimum atomic E-state index is -0.0518. The second kappa shape index (κ2) is 8.32. The average molecular weight is 441 g/mol. The Hall–Kier alpha value is -2.51. The molecule has 1 saturated carbocycles. The number of carbonyl (C=O) groups excluding carboxylic acids is 2. The summed E-state index contributed by atoms with van der Waals surface area (Å²) in [6, 6.07) is 8.20. The highest BCUT2D eigenvalue weighted by atomic mass is 32.1. The second-order valence-corrected chi connectivity index (χ2v) is 9.69. The summed E-state index contributed by atoms with van der Waals surface area (Å²) in [5.74, 6) is 0.770. The molecule has 0 saturated heterocycles. The fourth-order valence-corrected chi connectivity index (χ4v) is 5.28. The Balaban J connectivity index is 1.50. The van der Waals surface area contributed by atoms with Crippen LogP contribution in [0.2, 0.25) is 0 Å². The molecule has 0 bridgehead atoms. The van der Waals surface area contributed by atoms with Crippen LogP contribution in [0.1, 0.15) is 61.5 Å². The van der Waals surface area contributed by atoms with Crippen molar-refractivity contribution in [1.29, 1.82) is 0 Å². The van der Waals surface area contributed by atoms with Gasteiger partial charge in [0.1, 0.15) is 12.4 Å². The van der Waals surface area contributed by atoms with Gasteiger partial charge in [0.05, 0.1) is 15.4 Å². The molecule has 156 valence electrons. The number of hydrogen-bond acceptors (Lipinski definition) is 6. The van der Waals surface area contributed by atoms with E-state index in [2.05, 4.69) is 11.1 Å². The first-order valence-electron chi connectivity index (χ1n) is 9.92. The maximum Gasteiger partial charge on any atom is 0.270 e. The molecule has 1 aliphatic rings. The Labute approximate surface area is 184 Å². The third-order valence-electron chi connectivity index (χ3n) is 4.91. The summed E-state index contributed by atoms with van der Waals surface area (Å²) in [7, 11) is 0. The maximum absolute atomic E-state index is 13.3. The topological polar surface area (TPSA) is 59.5 Å². The Kier molecular flexibility index (Phi) is 5.75. The predicted molar refractivity (Wildman–Crippen MR) is 121 cm³/mol. The number of thiophene rings is 1. The van der Waals surface area contributed by atoms with Gasteiger partial charge in [0, 0.05) is 18.5 Å². The standard InChI is InChI=1S/C23H24N2O3S2/c1-13-7-14(2)9-19(8-13)28-11-17-10-20(29-12-17)22(27)25(18-5-6-18)23-24-15(3)21(30-23)16(4)26/h7-10,12,18H,5-6,11H2,1-4H3. The van der Waals surface area contributed by atoms with Crippen molar-refractivity contribution < 1.29 is 14.3 Å². The third-order valence-corrected chi connectivity index (χ3v) is 7.13. The van der Waals surface area contributed by atoms with Gasteiger partial charge in [-0.15, -0.1) is 11.3 Å². The SMILES string of the molecule is CC(=O)c1sc(N(C(=O)c2cc(COc3cc(C)cc(C)c3)cs2)C2CC2)nc1C. The van der Waals surface area contributed by atoms with E-state index in [0.29, 0.717) is 27.2 Å². The van der Waals surface area contributed by atoms with Crippen LogP contribution in [0.25, 0.3) is 0 Å². The number of rotatable bonds is 7. The van der Waals surface area contributed by atoms with Gasteiger partial charge in [-0.05, 0) is 68.3 Å². The minimum absolute atomic E-state index is 0.0126. The number of ether oxygens (including phenoxy) is 1. The summed E-state index contributed by atoms with van der Waals surface area (Å²) in [6.45, 7) is 7.87. The van der Waals surface area contributed by atoms with Crippen molar-refractivity contribution in [1.82, 2.24) is 4.98 Å². The summed E-state index contributed by atoms with van der Waals surface area (Å²) in [5, 5.41) is 2.58. The number of aromatic nitrogens is 1. The molecule has 0 aliphatic heterocycles. The van der Waals surface area contributed by atoms with Crippen LogP contribution in [0.5, 0.6) is 5.75 Å². The van der Waals surface area contributed by atoms with E-state index in [1.807, 2.05) is 44.4 Å². The molecule has 0 spiro atoms. The van der Waals surface area contributed by atoms with Gasteiger partial charge in [-0.2, -0.15) is 0 Å². The zero-order valence-corrected chi connectivity index (χ0v) is 19.2. The largest absolute Gasteiger partial charge is 0.489 e. The molecular formula is C23H24N2O3S2. The fourth-order valence-electron chi connectivity index (χ4n) is 3.42. The smallest absolute Gasteiger partial charge is 0.270 e. The number of carbonyl (C=O) groups is 2. The lowest BCUT2D eigenvalue weighted by molar-refractivity contribution is 0.0986. The van der Waals surface area contributed by atoms with E-state index in [4.69, 9.17) is 4.74 Å². The first-order chi connectivity index (χ1) is 14.3. The molecule has 0 unspecified atom stereocenters. The van der Waals surface area contributed by atoms with E-state index in [9.17, 15) is 9.59 Å². The van der Waals surface area contributed by atoms with Crippen molar-refractivity contribution in [3.8, 4) is 5.75 Å². The molecule has 2 heterocycles. The second-order valence-electron chi connectivity index (χ2n) is 7.80. The van der Waals surface area contributed by atoms with E-state index >= 15 is 0 Å². The molecule has 1 fully saturated rings. The lowest BCUT2D eigenvalue weighted by Crippen LogP contribution is -2.32. The average Bonchev–Trinajstić information content (AvgIpc) is 3.24. The number of Topliss-reactive ketones (excluding diaryl/α,β-unsaturated/α-hetero) is 1. The van der Waals surface area contributed by atoms with E-state index < -0.39 is 0 Å². The number of amides is 1. The maximum atomic E-state index is 13.3. The Morgan fingerprint density at radius 2 is 1.83 bits per heavy atom. The van der Waals surface area contributed by atoms with Crippen molar-refractivity contribution in [2.75, 3.05) is 4.90 Å². The Bertz CT molecular complexity index is 1090. The molecule has 4 rings (SSSR count). The van der Waals surface area contributed by atoms with Gasteiger partial charge in [-0.3, -0.25) is 14.5 Å². The van der Waals surface area contributed by atoms with Crippen molar-refractivity contribution in [2.24, 2.45) is 0 Å². The molecule has 5 nitrogen and oxygen atoms in total. The summed E-state index contributed by atoms with van der Waals surface area (Å²) < 4.78 is 5.93. The molecule has 1 amide bonds. The molecule has 3 aromatic rings. The van der Waals surface area contributed by atoms with Crippen LogP contribution in [0.4, 0.5) is 5.13 Å². The highest BCUT2D eigenvalue weighted by molar-refractivity contribution is 7.18. The van der Waals surface area contributed by atoms with Crippen LogP contribution in [0.3, 0.4) is 0 Å². The van der Waals surface area contributed by atoms with Crippen molar-refractivity contribution >= 4 is 39.5 Å². The fraction of sp³-hybridized carbons (Fsp3) is 0.348. The molecular weight excluding hydrogens is 416 g/mol. The van der Waals surface area contributed by atoms with Gasteiger partial charge < -0.3 is 4.74 Å². The molecule has 30 heavy (non-hydrogen) atoms. The molecule has 1 aliphatic carbocycles. The Morgan fingerprint density at radius 3 is 2.43 bits per heavy atom. The first-order valence-corrected chi connectivity index (χ1v) is 11.6. The molecule has 0 atom stereocenters. The van der Waals surface area contributed by atoms with Crippen molar-refractivity contribution in [3.63, 3.8) is 0 Å². The lowest BCUT2D eigenvalue weighted by atomic mass is 10.1. The first kappa shape index (κ1) is 20.8. The predicted octanol–water partition coefficient (Wildman–Crippen LogP) is 5.72. The normalized spacial score (nSPS) is 13.3. The summed E-state index contributed by atoms with van der Waals surface area (Å²) in [4.78, 5) is 32.7. The zero-order chi connectivity index (χ0) is 21.4. The summed E-state index contributed by atoms with van der Waals surface area (Å²) in [6.07, 6.45) is 1.93. The van der Waals surface area contributed by atoms with Crippen LogP contribution >= 0.6 is 22.7 Å². The van der Waals surface area contributed by atoms with Crippen molar-refractivity contribution in [2.45, 2.75) is 53.2 Å². The van der Waals surface area contributed by atoms with Gasteiger partial charge in [0.15, 0.2) is 10.9 Å². The molecule has 0 N–H and O–H groups in total. The van der Waals surface area contributed by atoms with Gasteiger partial charge in [-0.1, -0.05) is 17.4 Å². The zero-order valence-electron chi connectivity index (χ0n) is 17.5. The van der Waals surface area contributed by atoms with Gasteiger partial charge >= 0.3 is 0 Å². The number of hydrogen-bond donors (Lipinski definition) is 0. The molecule has 0 radical (unpaired) electrons. The lowest BCUT2D eigenvalue weighted by Gasteiger charge is -2.18. The monoisotopic (exact) mass is 440 g/mol. The minimum Gasteiger partial charge on any atom is -0.489 e. The molecule has 2 aromatic heterocycles.